The number of likely N-dealkylation sites (tertiary alicyclic amines) is 1. The lowest BCUT2D eigenvalue weighted by Gasteiger charge is -2.38. The Bertz CT molecular complexity index is 721. The lowest BCUT2D eigenvalue weighted by molar-refractivity contribution is -0.138. The van der Waals surface area contributed by atoms with Crippen LogP contribution in [0, 0.1) is 17.7 Å². The maximum Gasteiger partial charge on any atom is 0.225 e. The van der Waals surface area contributed by atoms with Crippen LogP contribution in [0.3, 0.4) is 0 Å². The molecule has 1 saturated carbocycles. The van der Waals surface area contributed by atoms with E-state index < -0.39 is 0 Å². The zero-order valence-corrected chi connectivity index (χ0v) is 18.5. The highest BCUT2D eigenvalue weighted by molar-refractivity contribution is 6.31. The Kier molecular flexibility index (Phi) is 7.16. The van der Waals surface area contributed by atoms with Crippen LogP contribution in [0.15, 0.2) is 12.1 Å². The van der Waals surface area contributed by atoms with Gasteiger partial charge in [0.25, 0.3) is 0 Å². The van der Waals surface area contributed by atoms with E-state index in [1.807, 2.05) is 11.9 Å². The summed E-state index contributed by atoms with van der Waals surface area (Å²) in [5.41, 5.74) is 0.561. The average molecular weight is 439 g/mol. The number of hydrogen-bond donors (Lipinski definition) is 0. The zero-order chi connectivity index (χ0) is 21.1. The first-order chi connectivity index (χ1) is 14.5. The minimum atomic E-state index is -0.290. The van der Waals surface area contributed by atoms with Gasteiger partial charge in [0.15, 0.2) is 0 Å². The van der Waals surface area contributed by atoms with Gasteiger partial charge in [-0.05, 0) is 63.6 Å². The molecular weight excluding hydrogens is 407 g/mol. The van der Waals surface area contributed by atoms with Crippen molar-refractivity contribution in [3.05, 3.63) is 28.5 Å². The van der Waals surface area contributed by atoms with Gasteiger partial charge in [-0.15, -0.1) is 0 Å². The predicted octanol–water partition coefficient (Wildman–Crippen LogP) is 4.12. The largest absolute Gasteiger partial charge is 0.490 e. The highest BCUT2D eigenvalue weighted by atomic mass is 35.5. The number of hydrogen-bond acceptors (Lipinski definition) is 4. The van der Waals surface area contributed by atoms with E-state index in [1.165, 1.54) is 18.9 Å². The predicted molar refractivity (Wildman–Crippen MR) is 114 cm³/mol. The standard InChI is InChI=1S/C23H32ClFN2O3/c1-26(23(28)17-4-8-29-9-5-17)14-16-10-18(11-16)30-19-12-21(24)20(22(25)13-19)15-27-6-2-3-7-27/h12-13,16-18H,2-11,14-15H2,1H3. The van der Waals surface area contributed by atoms with Crippen LogP contribution in [0.1, 0.15) is 44.1 Å². The topological polar surface area (TPSA) is 42.0 Å². The molecule has 2 saturated heterocycles. The number of carbonyl (C=O) groups excluding carboxylic acids is 1. The van der Waals surface area contributed by atoms with E-state index in [4.69, 9.17) is 21.1 Å². The SMILES string of the molecule is CN(CC1CC(Oc2cc(F)c(CN3CCCC3)c(Cl)c2)C1)C(=O)C1CCOCC1. The normalized spacial score (nSPS) is 25.2. The molecule has 1 aromatic carbocycles. The van der Waals surface area contributed by atoms with Crippen molar-refractivity contribution in [1.29, 1.82) is 0 Å². The number of halogens is 2. The number of benzene rings is 1. The third-order valence-electron chi connectivity index (χ3n) is 6.67. The van der Waals surface area contributed by atoms with E-state index in [0.29, 0.717) is 42.0 Å². The van der Waals surface area contributed by atoms with Crippen LogP contribution >= 0.6 is 11.6 Å². The summed E-state index contributed by atoms with van der Waals surface area (Å²) < 4.78 is 25.9. The van der Waals surface area contributed by atoms with Crippen LogP contribution in [0.25, 0.3) is 0 Å². The first-order valence-corrected chi connectivity index (χ1v) is 11.6. The Morgan fingerprint density at radius 2 is 1.97 bits per heavy atom. The molecule has 166 valence electrons. The molecule has 0 radical (unpaired) electrons. The van der Waals surface area contributed by atoms with Crippen LogP contribution in [0.4, 0.5) is 4.39 Å². The fraction of sp³-hybridized carbons (Fsp3) is 0.696. The molecule has 1 amide bonds. The van der Waals surface area contributed by atoms with Crippen molar-refractivity contribution >= 4 is 17.5 Å². The van der Waals surface area contributed by atoms with E-state index in [0.717, 1.165) is 45.3 Å². The molecule has 3 aliphatic rings. The minimum absolute atomic E-state index is 0.0569. The van der Waals surface area contributed by atoms with Gasteiger partial charge in [-0.1, -0.05) is 11.6 Å². The fourth-order valence-corrected chi connectivity index (χ4v) is 5.07. The summed E-state index contributed by atoms with van der Waals surface area (Å²) in [7, 11) is 1.89. The number of nitrogens with zero attached hydrogens (tertiary/aromatic N) is 2. The molecule has 0 aromatic heterocycles. The van der Waals surface area contributed by atoms with Crippen molar-refractivity contribution in [2.24, 2.45) is 11.8 Å². The summed E-state index contributed by atoms with van der Waals surface area (Å²) in [5, 5.41) is 0.439. The summed E-state index contributed by atoms with van der Waals surface area (Å²) in [6.07, 6.45) is 5.78. The van der Waals surface area contributed by atoms with E-state index in [9.17, 15) is 9.18 Å². The van der Waals surface area contributed by atoms with Gasteiger partial charge in [-0.3, -0.25) is 9.69 Å². The van der Waals surface area contributed by atoms with Gasteiger partial charge in [0, 0.05) is 50.9 Å². The van der Waals surface area contributed by atoms with Crippen LogP contribution in [0.2, 0.25) is 5.02 Å². The third kappa shape index (κ3) is 5.27. The lowest BCUT2D eigenvalue weighted by Crippen LogP contribution is -2.44. The Hall–Kier alpha value is -1.37. The summed E-state index contributed by atoms with van der Waals surface area (Å²) >= 11 is 6.36. The van der Waals surface area contributed by atoms with Crippen molar-refractivity contribution in [2.75, 3.05) is 39.9 Å². The highest BCUT2D eigenvalue weighted by Crippen LogP contribution is 2.35. The minimum Gasteiger partial charge on any atom is -0.490 e. The second-order valence-corrected chi connectivity index (χ2v) is 9.44. The maximum atomic E-state index is 14.6. The monoisotopic (exact) mass is 438 g/mol. The maximum absolute atomic E-state index is 14.6. The van der Waals surface area contributed by atoms with Crippen molar-refractivity contribution < 1.29 is 18.7 Å². The molecule has 1 aliphatic carbocycles. The summed E-state index contributed by atoms with van der Waals surface area (Å²) in [6.45, 7) is 4.68. The molecule has 3 fully saturated rings. The lowest BCUT2D eigenvalue weighted by atomic mass is 9.81. The first kappa shape index (κ1) is 21.8. The van der Waals surface area contributed by atoms with Gasteiger partial charge in [-0.2, -0.15) is 0 Å². The molecule has 4 rings (SSSR count). The Labute approximate surface area is 183 Å². The summed E-state index contributed by atoms with van der Waals surface area (Å²) in [5.74, 6) is 0.962. The van der Waals surface area contributed by atoms with Crippen LogP contribution < -0.4 is 4.74 Å². The van der Waals surface area contributed by atoms with Gasteiger partial charge >= 0.3 is 0 Å². The van der Waals surface area contributed by atoms with Gasteiger partial charge in [0.05, 0.1) is 11.1 Å². The van der Waals surface area contributed by atoms with Crippen molar-refractivity contribution in [2.45, 2.75) is 51.2 Å². The fourth-order valence-electron chi connectivity index (χ4n) is 4.81. The average Bonchev–Trinajstić information content (AvgIpc) is 3.22. The molecule has 0 spiro atoms. The van der Waals surface area contributed by atoms with Crippen LogP contribution in [-0.2, 0) is 16.1 Å². The third-order valence-corrected chi connectivity index (χ3v) is 7.01. The Morgan fingerprint density at radius 1 is 1.27 bits per heavy atom. The Balaban J connectivity index is 1.24. The molecule has 0 unspecified atom stereocenters. The van der Waals surface area contributed by atoms with Crippen molar-refractivity contribution in [3.63, 3.8) is 0 Å². The smallest absolute Gasteiger partial charge is 0.225 e. The van der Waals surface area contributed by atoms with Gasteiger partial charge in [-0.25, -0.2) is 4.39 Å². The molecule has 2 aliphatic heterocycles. The molecule has 0 N–H and O–H groups in total. The molecular formula is C23H32ClFN2O3. The Morgan fingerprint density at radius 3 is 2.63 bits per heavy atom. The van der Waals surface area contributed by atoms with Crippen molar-refractivity contribution in [1.82, 2.24) is 9.80 Å². The quantitative estimate of drug-likeness (QED) is 0.642. The molecule has 7 heteroatoms. The van der Waals surface area contributed by atoms with Crippen LogP contribution in [-0.4, -0.2) is 61.7 Å². The van der Waals surface area contributed by atoms with Gasteiger partial charge in [0.1, 0.15) is 11.6 Å². The van der Waals surface area contributed by atoms with E-state index in [2.05, 4.69) is 4.90 Å². The summed E-state index contributed by atoms with van der Waals surface area (Å²) in [6, 6.07) is 3.20. The highest BCUT2D eigenvalue weighted by Gasteiger charge is 2.34. The number of carbonyl (C=O) groups is 1. The van der Waals surface area contributed by atoms with Gasteiger partial charge < -0.3 is 14.4 Å². The molecule has 1 aromatic rings. The van der Waals surface area contributed by atoms with Crippen LogP contribution in [0.5, 0.6) is 5.75 Å². The molecule has 5 nitrogen and oxygen atoms in total. The molecule has 2 heterocycles. The van der Waals surface area contributed by atoms with Gasteiger partial charge in [0.2, 0.25) is 5.91 Å². The second-order valence-electron chi connectivity index (χ2n) is 9.03. The first-order valence-electron chi connectivity index (χ1n) is 11.2. The van der Waals surface area contributed by atoms with E-state index >= 15 is 0 Å². The molecule has 0 bridgehead atoms. The molecule has 30 heavy (non-hydrogen) atoms. The van der Waals surface area contributed by atoms with E-state index in [-0.39, 0.29) is 23.7 Å². The summed E-state index contributed by atoms with van der Waals surface area (Å²) in [4.78, 5) is 16.7. The second kappa shape index (κ2) is 9.84. The molecule has 0 atom stereocenters. The number of amides is 1. The van der Waals surface area contributed by atoms with E-state index in [1.54, 1.807) is 6.07 Å². The zero-order valence-electron chi connectivity index (χ0n) is 17.7. The number of ether oxygens (including phenoxy) is 2. The number of rotatable bonds is 7. The van der Waals surface area contributed by atoms with Crippen molar-refractivity contribution in [3.8, 4) is 5.75 Å².